The van der Waals surface area contributed by atoms with E-state index in [9.17, 15) is 0 Å². The SMILES string of the molecule is CC(C)n1nc(-c2ccc3c(ccn3C)c2)c2c(N)ncnc21.Cl. The number of aryl methyl sites for hydroxylation is 1. The maximum Gasteiger partial charge on any atom is 0.164 e. The van der Waals surface area contributed by atoms with E-state index in [-0.39, 0.29) is 18.4 Å². The Hall–Kier alpha value is -2.60. The average Bonchev–Trinajstić information content (AvgIpc) is 3.09. The Morgan fingerprint density at radius 2 is 1.92 bits per heavy atom. The molecule has 0 aliphatic rings. The summed E-state index contributed by atoms with van der Waals surface area (Å²) in [6, 6.07) is 8.60. The van der Waals surface area contributed by atoms with E-state index in [0.717, 1.165) is 22.3 Å². The van der Waals surface area contributed by atoms with Crippen LogP contribution < -0.4 is 5.73 Å². The molecule has 7 heteroatoms. The van der Waals surface area contributed by atoms with E-state index in [1.165, 1.54) is 17.2 Å². The lowest BCUT2D eigenvalue weighted by Crippen LogP contribution is -2.04. The quantitative estimate of drug-likeness (QED) is 0.604. The molecule has 3 heterocycles. The third-order valence-corrected chi connectivity index (χ3v) is 4.17. The van der Waals surface area contributed by atoms with Crippen molar-refractivity contribution >= 4 is 40.2 Å². The van der Waals surface area contributed by atoms with E-state index in [0.29, 0.717) is 5.82 Å². The molecule has 0 unspecified atom stereocenters. The largest absolute Gasteiger partial charge is 0.383 e. The summed E-state index contributed by atoms with van der Waals surface area (Å²) in [6.45, 7) is 4.16. The standard InChI is InChI=1S/C17H18N6.ClH/c1-10(2)23-17-14(16(18)19-9-20-17)15(21-23)12-4-5-13-11(8-12)6-7-22(13)3;/h4-10H,1-3H3,(H2,18,19,20);1H. The molecule has 6 nitrogen and oxygen atoms in total. The fourth-order valence-corrected chi connectivity index (χ4v) is 2.99. The summed E-state index contributed by atoms with van der Waals surface area (Å²) >= 11 is 0. The molecular weight excluding hydrogens is 324 g/mol. The minimum absolute atomic E-state index is 0. The molecule has 0 spiro atoms. The number of anilines is 1. The van der Waals surface area contributed by atoms with Gasteiger partial charge < -0.3 is 10.3 Å². The third-order valence-electron chi connectivity index (χ3n) is 4.17. The molecule has 3 aromatic heterocycles. The number of nitrogen functional groups attached to an aromatic ring is 1. The lowest BCUT2D eigenvalue weighted by molar-refractivity contribution is 0.548. The van der Waals surface area contributed by atoms with Crippen molar-refractivity contribution in [1.82, 2.24) is 24.3 Å². The second kappa shape index (κ2) is 5.79. The summed E-state index contributed by atoms with van der Waals surface area (Å²) in [5, 5.41) is 6.75. The average molecular weight is 343 g/mol. The highest BCUT2D eigenvalue weighted by molar-refractivity contribution is 6.00. The van der Waals surface area contributed by atoms with Crippen LogP contribution >= 0.6 is 12.4 Å². The zero-order valence-corrected chi connectivity index (χ0v) is 14.6. The number of halogens is 1. The molecule has 24 heavy (non-hydrogen) atoms. The van der Waals surface area contributed by atoms with Gasteiger partial charge in [0.1, 0.15) is 17.8 Å². The van der Waals surface area contributed by atoms with Gasteiger partial charge in [-0.3, -0.25) is 0 Å². The first-order valence-corrected chi connectivity index (χ1v) is 7.60. The van der Waals surface area contributed by atoms with Crippen molar-refractivity contribution in [1.29, 1.82) is 0 Å². The predicted octanol–water partition coefficient (Wildman–Crippen LogP) is 3.57. The zero-order valence-electron chi connectivity index (χ0n) is 13.8. The Bertz CT molecular complexity index is 1030. The lowest BCUT2D eigenvalue weighted by atomic mass is 10.1. The number of rotatable bonds is 2. The summed E-state index contributed by atoms with van der Waals surface area (Å²) in [4.78, 5) is 8.52. The predicted molar refractivity (Wildman–Crippen MR) is 99.3 cm³/mol. The van der Waals surface area contributed by atoms with Gasteiger partial charge in [0, 0.05) is 35.8 Å². The topological polar surface area (TPSA) is 74.5 Å². The molecule has 2 N–H and O–H groups in total. The Morgan fingerprint density at radius 3 is 2.67 bits per heavy atom. The van der Waals surface area contributed by atoms with Crippen LogP contribution in [0, 0.1) is 0 Å². The number of hydrogen-bond donors (Lipinski definition) is 1. The Kier molecular flexibility index (Phi) is 3.93. The van der Waals surface area contributed by atoms with Crippen LogP contribution in [0.5, 0.6) is 0 Å². The Balaban J connectivity index is 0.00000169. The summed E-state index contributed by atoms with van der Waals surface area (Å²) in [6.07, 6.45) is 3.54. The van der Waals surface area contributed by atoms with E-state index in [1.807, 2.05) is 11.7 Å². The van der Waals surface area contributed by atoms with Gasteiger partial charge in [-0.1, -0.05) is 6.07 Å². The monoisotopic (exact) mass is 342 g/mol. The number of nitrogens with zero attached hydrogens (tertiary/aromatic N) is 5. The van der Waals surface area contributed by atoms with Crippen LogP contribution in [0.4, 0.5) is 5.82 Å². The van der Waals surface area contributed by atoms with Gasteiger partial charge in [-0.25, -0.2) is 14.6 Å². The number of nitrogens with two attached hydrogens (primary N) is 1. The summed E-state index contributed by atoms with van der Waals surface area (Å²) in [5.74, 6) is 0.463. The highest BCUT2D eigenvalue weighted by Crippen LogP contribution is 2.33. The highest BCUT2D eigenvalue weighted by atomic mass is 35.5. The highest BCUT2D eigenvalue weighted by Gasteiger charge is 2.18. The molecule has 0 aliphatic carbocycles. The maximum atomic E-state index is 6.12. The van der Waals surface area contributed by atoms with Crippen LogP contribution in [0.15, 0.2) is 36.8 Å². The van der Waals surface area contributed by atoms with Crippen molar-refractivity contribution in [3.8, 4) is 11.3 Å². The van der Waals surface area contributed by atoms with Gasteiger partial charge in [0.2, 0.25) is 0 Å². The molecule has 0 aliphatic heterocycles. The molecule has 0 fully saturated rings. The Morgan fingerprint density at radius 1 is 1.12 bits per heavy atom. The van der Waals surface area contributed by atoms with Gasteiger partial charge >= 0.3 is 0 Å². The molecular formula is C17H19ClN6. The van der Waals surface area contributed by atoms with E-state index < -0.39 is 0 Å². The lowest BCUT2D eigenvalue weighted by Gasteiger charge is -2.05. The summed E-state index contributed by atoms with van der Waals surface area (Å²) < 4.78 is 4.00. The minimum Gasteiger partial charge on any atom is -0.383 e. The number of hydrogen-bond acceptors (Lipinski definition) is 4. The molecule has 4 rings (SSSR count). The minimum atomic E-state index is 0. The fraction of sp³-hybridized carbons (Fsp3) is 0.235. The molecule has 124 valence electrons. The maximum absolute atomic E-state index is 6.12. The molecule has 0 atom stereocenters. The second-order valence-corrected chi connectivity index (χ2v) is 6.04. The number of benzene rings is 1. The van der Waals surface area contributed by atoms with Crippen molar-refractivity contribution in [2.45, 2.75) is 19.9 Å². The fourth-order valence-electron chi connectivity index (χ4n) is 2.99. The van der Waals surface area contributed by atoms with Crippen LogP contribution in [0.25, 0.3) is 33.2 Å². The van der Waals surface area contributed by atoms with Gasteiger partial charge in [0.25, 0.3) is 0 Å². The van der Waals surface area contributed by atoms with E-state index in [2.05, 4.69) is 58.8 Å². The second-order valence-electron chi connectivity index (χ2n) is 6.04. The first-order valence-electron chi connectivity index (χ1n) is 7.60. The van der Waals surface area contributed by atoms with E-state index in [4.69, 9.17) is 10.8 Å². The van der Waals surface area contributed by atoms with E-state index in [1.54, 1.807) is 0 Å². The molecule has 0 bridgehead atoms. The van der Waals surface area contributed by atoms with Gasteiger partial charge in [0.15, 0.2) is 5.65 Å². The third kappa shape index (κ3) is 2.30. The summed E-state index contributed by atoms with van der Waals surface area (Å²) in [5.41, 5.74) is 9.93. The number of aromatic nitrogens is 5. The first-order chi connectivity index (χ1) is 11.1. The van der Waals surface area contributed by atoms with Crippen LogP contribution in [0.1, 0.15) is 19.9 Å². The van der Waals surface area contributed by atoms with Gasteiger partial charge in [-0.05, 0) is 32.0 Å². The van der Waals surface area contributed by atoms with Crippen molar-refractivity contribution in [3.63, 3.8) is 0 Å². The summed E-state index contributed by atoms with van der Waals surface area (Å²) in [7, 11) is 2.04. The first kappa shape index (κ1) is 16.3. The van der Waals surface area contributed by atoms with Gasteiger partial charge in [-0.15, -0.1) is 12.4 Å². The Labute approximate surface area is 145 Å². The van der Waals surface area contributed by atoms with Crippen LogP contribution in [-0.2, 0) is 7.05 Å². The molecule has 0 radical (unpaired) electrons. The van der Waals surface area contributed by atoms with Crippen molar-refractivity contribution in [2.75, 3.05) is 5.73 Å². The van der Waals surface area contributed by atoms with Crippen molar-refractivity contribution < 1.29 is 0 Å². The van der Waals surface area contributed by atoms with E-state index >= 15 is 0 Å². The molecule has 0 saturated carbocycles. The molecule has 0 saturated heterocycles. The number of fused-ring (bicyclic) bond motifs is 2. The van der Waals surface area contributed by atoms with Crippen LogP contribution in [-0.4, -0.2) is 24.3 Å². The van der Waals surface area contributed by atoms with Crippen LogP contribution in [0.3, 0.4) is 0 Å². The molecule has 1 aromatic carbocycles. The smallest absolute Gasteiger partial charge is 0.164 e. The molecule has 0 amide bonds. The van der Waals surface area contributed by atoms with Gasteiger partial charge in [0.05, 0.1) is 5.39 Å². The zero-order chi connectivity index (χ0) is 16.1. The van der Waals surface area contributed by atoms with Crippen molar-refractivity contribution in [2.24, 2.45) is 7.05 Å². The normalized spacial score (nSPS) is 11.3. The van der Waals surface area contributed by atoms with Crippen molar-refractivity contribution in [3.05, 3.63) is 36.8 Å². The van der Waals surface area contributed by atoms with Gasteiger partial charge in [-0.2, -0.15) is 5.10 Å². The molecule has 4 aromatic rings. The van der Waals surface area contributed by atoms with Crippen LogP contribution in [0.2, 0.25) is 0 Å².